The average molecular weight is 208 g/mol. The quantitative estimate of drug-likeness (QED) is 0.804. The first-order chi connectivity index (χ1) is 7.40. The average Bonchev–Trinajstić information content (AvgIpc) is 2.79. The molecule has 1 N–H and O–H groups in total. The predicted octanol–water partition coefficient (Wildman–Crippen LogP) is 1.08. The lowest BCUT2D eigenvalue weighted by Gasteiger charge is -2.12. The molecule has 0 aliphatic carbocycles. The Kier molecular flexibility index (Phi) is 3.40. The van der Waals surface area contributed by atoms with Crippen LogP contribution in [0.4, 0.5) is 0 Å². The minimum Gasteiger partial charge on any atom is -0.491 e. The Hall–Kier alpha value is -1.29. The molecule has 1 atom stereocenters. The summed E-state index contributed by atoms with van der Waals surface area (Å²) >= 11 is 0. The molecule has 1 aliphatic heterocycles. The summed E-state index contributed by atoms with van der Waals surface area (Å²) in [7, 11) is 1.63. The van der Waals surface area contributed by atoms with Gasteiger partial charge in [0, 0.05) is 18.7 Å². The zero-order chi connectivity index (χ0) is 10.5. The molecule has 0 aromatic carbocycles. The summed E-state index contributed by atoms with van der Waals surface area (Å²) in [4.78, 5) is 4.14. The van der Waals surface area contributed by atoms with Crippen LogP contribution >= 0.6 is 0 Å². The molecule has 1 aromatic rings. The van der Waals surface area contributed by atoms with Gasteiger partial charge in [-0.3, -0.25) is 0 Å². The van der Waals surface area contributed by atoms with Crippen LogP contribution in [0.25, 0.3) is 0 Å². The molecule has 82 valence electrons. The zero-order valence-corrected chi connectivity index (χ0v) is 8.90. The molecule has 1 saturated heterocycles. The molecule has 4 nitrogen and oxygen atoms in total. The van der Waals surface area contributed by atoms with Crippen LogP contribution in [0.2, 0.25) is 0 Å². The minimum absolute atomic E-state index is 0.590. The molecular weight excluding hydrogens is 192 g/mol. The van der Waals surface area contributed by atoms with Crippen molar-refractivity contribution in [1.29, 1.82) is 0 Å². The van der Waals surface area contributed by atoms with E-state index in [0.717, 1.165) is 13.1 Å². The lowest BCUT2D eigenvalue weighted by atomic mass is 10.1. The van der Waals surface area contributed by atoms with Gasteiger partial charge in [-0.15, -0.1) is 0 Å². The largest absolute Gasteiger partial charge is 0.491 e. The molecule has 1 aromatic heterocycles. The van der Waals surface area contributed by atoms with Crippen molar-refractivity contribution in [2.75, 3.05) is 26.8 Å². The van der Waals surface area contributed by atoms with E-state index in [2.05, 4.69) is 10.3 Å². The van der Waals surface area contributed by atoms with E-state index in [1.54, 1.807) is 13.3 Å². The van der Waals surface area contributed by atoms with Crippen LogP contribution in [-0.2, 0) is 0 Å². The molecule has 0 spiro atoms. The molecule has 1 aliphatic rings. The highest BCUT2D eigenvalue weighted by Gasteiger charge is 2.16. The summed E-state index contributed by atoms with van der Waals surface area (Å²) in [6.07, 6.45) is 2.89. The maximum absolute atomic E-state index is 5.64. The lowest BCUT2D eigenvalue weighted by molar-refractivity contribution is 0.238. The second-order valence-electron chi connectivity index (χ2n) is 3.68. The first-order valence-electron chi connectivity index (χ1n) is 5.22. The van der Waals surface area contributed by atoms with Gasteiger partial charge < -0.3 is 14.8 Å². The molecule has 2 heterocycles. The van der Waals surface area contributed by atoms with Crippen LogP contribution in [0.5, 0.6) is 11.6 Å². The van der Waals surface area contributed by atoms with E-state index in [-0.39, 0.29) is 0 Å². The molecule has 2 rings (SSSR count). The number of pyridine rings is 1. The fraction of sp³-hybridized carbons (Fsp3) is 0.545. The van der Waals surface area contributed by atoms with Gasteiger partial charge in [-0.2, -0.15) is 0 Å². The van der Waals surface area contributed by atoms with Gasteiger partial charge in [0.25, 0.3) is 5.88 Å². The Bertz CT molecular complexity index is 311. The van der Waals surface area contributed by atoms with Crippen LogP contribution in [0.15, 0.2) is 18.3 Å². The molecule has 4 heteroatoms. The number of rotatable bonds is 4. The summed E-state index contributed by atoms with van der Waals surface area (Å²) in [5.41, 5.74) is 0. The Balaban J connectivity index is 1.91. The van der Waals surface area contributed by atoms with Crippen molar-refractivity contribution in [1.82, 2.24) is 10.3 Å². The number of ether oxygens (including phenoxy) is 2. The number of nitrogens with zero attached hydrogens (tertiary/aromatic N) is 1. The Labute approximate surface area is 89.6 Å². The normalized spacial score (nSPS) is 20.2. The van der Waals surface area contributed by atoms with E-state index in [4.69, 9.17) is 9.47 Å². The number of methoxy groups -OCH3 is 1. The first-order valence-corrected chi connectivity index (χ1v) is 5.22. The lowest BCUT2D eigenvalue weighted by Crippen LogP contribution is -2.16. The molecular formula is C11H16N2O2. The van der Waals surface area contributed by atoms with Gasteiger partial charge >= 0.3 is 0 Å². The second-order valence-corrected chi connectivity index (χ2v) is 3.68. The van der Waals surface area contributed by atoms with E-state index in [9.17, 15) is 0 Å². The first kappa shape index (κ1) is 10.2. The maximum atomic E-state index is 5.64. The molecule has 1 fully saturated rings. The van der Waals surface area contributed by atoms with Crippen molar-refractivity contribution in [3.05, 3.63) is 18.3 Å². The Morgan fingerprint density at radius 3 is 3.27 bits per heavy atom. The highest BCUT2D eigenvalue weighted by Crippen LogP contribution is 2.23. The van der Waals surface area contributed by atoms with E-state index >= 15 is 0 Å². The van der Waals surface area contributed by atoms with E-state index in [1.807, 2.05) is 12.1 Å². The van der Waals surface area contributed by atoms with Crippen LogP contribution in [0.3, 0.4) is 0 Å². The standard InChI is InChI=1S/C11H16N2O2/c1-14-10-3-2-5-13-11(10)15-8-9-4-6-12-7-9/h2-3,5,9,12H,4,6-8H2,1H3. The van der Waals surface area contributed by atoms with Crippen LogP contribution < -0.4 is 14.8 Å². The molecule has 0 amide bonds. The van der Waals surface area contributed by atoms with E-state index in [1.165, 1.54) is 6.42 Å². The van der Waals surface area contributed by atoms with Crippen molar-refractivity contribution < 1.29 is 9.47 Å². The molecule has 1 unspecified atom stereocenters. The topological polar surface area (TPSA) is 43.4 Å². The number of hydrogen-bond acceptors (Lipinski definition) is 4. The van der Waals surface area contributed by atoms with Crippen LogP contribution in [0, 0.1) is 5.92 Å². The third kappa shape index (κ3) is 2.59. The summed E-state index contributed by atoms with van der Waals surface area (Å²) in [6.45, 7) is 2.84. The number of hydrogen-bond donors (Lipinski definition) is 1. The Morgan fingerprint density at radius 1 is 1.60 bits per heavy atom. The summed E-state index contributed by atoms with van der Waals surface area (Å²) in [6, 6.07) is 3.69. The minimum atomic E-state index is 0.590. The predicted molar refractivity (Wildman–Crippen MR) is 57.3 cm³/mol. The van der Waals surface area contributed by atoms with Crippen molar-refractivity contribution in [3.8, 4) is 11.6 Å². The van der Waals surface area contributed by atoms with Crippen molar-refractivity contribution in [2.45, 2.75) is 6.42 Å². The van der Waals surface area contributed by atoms with Crippen LogP contribution in [-0.4, -0.2) is 31.8 Å². The highest BCUT2D eigenvalue weighted by molar-refractivity contribution is 5.32. The van der Waals surface area contributed by atoms with Crippen molar-refractivity contribution >= 4 is 0 Å². The summed E-state index contributed by atoms with van der Waals surface area (Å²) in [5, 5.41) is 3.31. The van der Waals surface area contributed by atoms with Gasteiger partial charge in [0.2, 0.25) is 0 Å². The van der Waals surface area contributed by atoms with Crippen molar-refractivity contribution in [3.63, 3.8) is 0 Å². The molecule has 0 saturated carbocycles. The fourth-order valence-corrected chi connectivity index (χ4v) is 1.69. The summed E-state index contributed by atoms with van der Waals surface area (Å²) in [5.74, 6) is 1.88. The maximum Gasteiger partial charge on any atom is 0.256 e. The van der Waals surface area contributed by atoms with Gasteiger partial charge in [0.15, 0.2) is 5.75 Å². The van der Waals surface area contributed by atoms with E-state index < -0.39 is 0 Å². The van der Waals surface area contributed by atoms with Gasteiger partial charge in [0.05, 0.1) is 13.7 Å². The molecule has 0 bridgehead atoms. The zero-order valence-electron chi connectivity index (χ0n) is 8.90. The van der Waals surface area contributed by atoms with Crippen LogP contribution in [0.1, 0.15) is 6.42 Å². The number of aromatic nitrogens is 1. The smallest absolute Gasteiger partial charge is 0.256 e. The SMILES string of the molecule is COc1cccnc1OCC1CCNC1. The third-order valence-corrected chi connectivity index (χ3v) is 2.57. The second kappa shape index (κ2) is 4.98. The fourth-order valence-electron chi connectivity index (χ4n) is 1.69. The van der Waals surface area contributed by atoms with E-state index in [0.29, 0.717) is 24.2 Å². The number of nitrogens with one attached hydrogen (secondary N) is 1. The van der Waals surface area contributed by atoms with Gasteiger partial charge in [-0.05, 0) is 25.1 Å². The monoisotopic (exact) mass is 208 g/mol. The van der Waals surface area contributed by atoms with Crippen molar-refractivity contribution in [2.24, 2.45) is 5.92 Å². The summed E-state index contributed by atoms with van der Waals surface area (Å²) < 4.78 is 10.8. The third-order valence-electron chi connectivity index (χ3n) is 2.57. The Morgan fingerprint density at radius 2 is 2.53 bits per heavy atom. The van der Waals surface area contributed by atoms with Gasteiger partial charge in [-0.1, -0.05) is 0 Å². The highest BCUT2D eigenvalue weighted by atomic mass is 16.5. The molecule has 0 radical (unpaired) electrons. The molecule has 15 heavy (non-hydrogen) atoms. The van der Waals surface area contributed by atoms with Gasteiger partial charge in [0.1, 0.15) is 0 Å². The van der Waals surface area contributed by atoms with Gasteiger partial charge in [-0.25, -0.2) is 4.98 Å².